The lowest BCUT2D eigenvalue weighted by Gasteiger charge is -2.10. The first kappa shape index (κ1) is 18.5. The van der Waals surface area contributed by atoms with E-state index in [4.69, 9.17) is 5.73 Å². The fraction of sp³-hybridized carbons (Fsp3) is 0.333. The van der Waals surface area contributed by atoms with Gasteiger partial charge < -0.3 is 10.7 Å². The quantitative estimate of drug-likeness (QED) is 0.544. The van der Waals surface area contributed by atoms with Crippen molar-refractivity contribution in [2.75, 3.05) is 6.54 Å². The Morgan fingerprint density at radius 3 is 2.50 bits per heavy atom. The Kier molecular flexibility index (Phi) is 5.37. The Hall–Kier alpha value is -2.27. The number of nitrogens with one attached hydrogen (secondary N) is 1. The van der Waals surface area contributed by atoms with Gasteiger partial charge in [0.05, 0.1) is 5.56 Å². The summed E-state index contributed by atoms with van der Waals surface area (Å²) in [7, 11) is 0. The maximum absolute atomic E-state index is 13.1. The van der Waals surface area contributed by atoms with E-state index in [1.807, 2.05) is 12.1 Å². The second-order valence-electron chi connectivity index (χ2n) is 6.50. The maximum Gasteiger partial charge on any atom is 0.416 e. The molecule has 0 aliphatic heterocycles. The van der Waals surface area contributed by atoms with Crippen molar-refractivity contribution < 1.29 is 13.2 Å². The van der Waals surface area contributed by atoms with Crippen molar-refractivity contribution in [1.82, 2.24) is 4.98 Å². The molecule has 5 heteroatoms. The van der Waals surface area contributed by atoms with Crippen molar-refractivity contribution in [1.29, 1.82) is 0 Å². The Morgan fingerprint density at radius 1 is 1.04 bits per heavy atom. The van der Waals surface area contributed by atoms with E-state index in [1.54, 1.807) is 6.07 Å². The van der Waals surface area contributed by atoms with E-state index in [0.717, 1.165) is 53.9 Å². The van der Waals surface area contributed by atoms with Crippen molar-refractivity contribution in [3.63, 3.8) is 0 Å². The zero-order chi connectivity index (χ0) is 18.7. The van der Waals surface area contributed by atoms with Crippen molar-refractivity contribution in [2.45, 2.75) is 38.8 Å². The zero-order valence-electron chi connectivity index (χ0n) is 14.8. The highest BCUT2D eigenvalue weighted by atomic mass is 19.4. The highest BCUT2D eigenvalue weighted by Gasteiger charge is 2.30. The monoisotopic (exact) mass is 360 g/mol. The minimum absolute atomic E-state index is 0.570. The summed E-state index contributed by atoms with van der Waals surface area (Å²) in [6.45, 7) is 2.69. The maximum atomic E-state index is 13.1. The van der Waals surface area contributed by atoms with E-state index in [-0.39, 0.29) is 0 Å². The number of alkyl halides is 3. The van der Waals surface area contributed by atoms with Gasteiger partial charge in [0.15, 0.2) is 0 Å². The lowest BCUT2D eigenvalue weighted by atomic mass is 9.98. The van der Waals surface area contributed by atoms with Crippen LogP contribution in [0.4, 0.5) is 13.2 Å². The summed E-state index contributed by atoms with van der Waals surface area (Å²) in [5.41, 5.74) is 9.59. The number of rotatable bonds is 6. The van der Waals surface area contributed by atoms with Gasteiger partial charge >= 0.3 is 6.18 Å². The van der Waals surface area contributed by atoms with Gasteiger partial charge in [-0.3, -0.25) is 0 Å². The topological polar surface area (TPSA) is 41.8 Å². The van der Waals surface area contributed by atoms with Crippen LogP contribution in [-0.4, -0.2) is 11.5 Å². The number of hydrogen-bond acceptors (Lipinski definition) is 1. The van der Waals surface area contributed by atoms with Crippen LogP contribution in [0.25, 0.3) is 22.2 Å². The summed E-state index contributed by atoms with van der Waals surface area (Å²) < 4.78 is 39.4. The molecule has 0 unspecified atom stereocenters. The van der Waals surface area contributed by atoms with Crippen molar-refractivity contribution in [2.24, 2.45) is 5.73 Å². The number of nitrogens with two attached hydrogens (primary N) is 1. The molecule has 0 amide bonds. The van der Waals surface area contributed by atoms with Crippen LogP contribution >= 0.6 is 0 Å². The predicted octanol–water partition coefficient (Wildman–Crippen LogP) is 5.70. The highest BCUT2D eigenvalue weighted by molar-refractivity contribution is 5.93. The summed E-state index contributed by atoms with van der Waals surface area (Å²) in [6, 6.07) is 11.6. The smallest absolute Gasteiger partial charge is 0.354 e. The molecule has 0 fully saturated rings. The number of unbranched alkanes of at least 4 members (excludes halogenated alkanes) is 1. The number of halogens is 3. The summed E-state index contributed by atoms with van der Waals surface area (Å²) in [5, 5.41) is 1.09. The van der Waals surface area contributed by atoms with Gasteiger partial charge in [-0.05, 0) is 61.1 Å². The molecule has 0 spiro atoms. The molecule has 3 rings (SSSR count). The van der Waals surface area contributed by atoms with Crippen LogP contribution in [-0.2, 0) is 19.0 Å². The van der Waals surface area contributed by atoms with Crippen molar-refractivity contribution in [3.8, 4) is 11.3 Å². The van der Waals surface area contributed by atoms with Gasteiger partial charge in [-0.1, -0.05) is 37.3 Å². The molecule has 1 aromatic heterocycles. The lowest BCUT2D eigenvalue weighted by Crippen LogP contribution is -2.04. The molecular weight excluding hydrogens is 337 g/mol. The normalized spacial score (nSPS) is 12.0. The summed E-state index contributed by atoms with van der Waals surface area (Å²) in [6.07, 6.45) is -0.900. The molecule has 0 aliphatic carbocycles. The second kappa shape index (κ2) is 7.54. The molecule has 0 aliphatic rings. The molecule has 0 bridgehead atoms. The molecule has 0 saturated carbocycles. The number of aryl methyl sites for hydroxylation is 2. The minimum atomic E-state index is -4.35. The fourth-order valence-electron chi connectivity index (χ4n) is 3.43. The van der Waals surface area contributed by atoms with Crippen molar-refractivity contribution in [3.05, 3.63) is 59.2 Å². The van der Waals surface area contributed by atoms with Gasteiger partial charge in [0.1, 0.15) is 0 Å². The predicted molar refractivity (Wildman–Crippen MR) is 100 cm³/mol. The molecule has 0 radical (unpaired) electrons. The van der Waals surface area contributed by atoms with E-state index in [0.29, 0.717) is 12.1 Å². The molecule has 2 aromatic carbocycles. The first-order valence-electron chi connectivity index (χ1n) is 8.95. The standard InChI is InChI=1S/C21H23F3N2/c1-2-14-7-6-11-18-17(10-3-4-12-25)20(26-19(14)18)15-8-5-9-16(13-15)21(22,23)24/h5-9,11,13,26H,2-4,10,12,25H2,1H3. The molecule has 3 aromatic rings. The first-order valence-corrected chi connectivity index (χ1v) is 8.95. The second-order valence-corrected chi connectivity index (χ2v) is 6.50. The van der Waals surface area contributed by atoms with Gasteiger partial charge in [0, 0.05) is 16.6 Å². The summed E-state index contributed by atoms with van der Waals surface area (Å²) in [5.74, 6) is 0. The van der Waals surface area contributed by atoms with E-state index in [1.165, 1.54) is 17.7 Å². The van der Waals surface area contributed by atoms with E-state index in [9.17, 15) is 13.2 Å². The zero-order valence-corrected chi connectivity index (χ0v) is 14.8. The van der Waals surface area contributed by atoms with Gasteiger partial charge in [-0.2, -0.15) is 13.2 Å². The molecule has 26 heavy (non-hydrogen) atoms. The van der Waals surface area contributed by atoms with Gasteiger partial charge in [-0.15, -0.1) is 0 Å². The number of hydrogen-bond donors (Lipinski definition) is 2. The fourth-order valence-corrected chi connectivity index (χ4v) is 3.43. The van der Waals surface area contributed by atoms with Crippen LogP contribution in [0.3, 0.4) is 0 Å². The van der Waals surface area contributed by atoms with E-state index >= 15 is 0 Å². The first-order chi connectivity index (χ1) is 12.5. The number of aromatic nitrogens is 1. The van der Waals surface area contributed by atoms with Crippen LogP contribution < -0.4 is 5.73 Å². The van der Waals surface area contributed by atoms with Gasteiger partial charge in [0.2, 0.25) is 0 Å². The molecule has 0 atom stereocenters. The van der Waals surface area contributed by atoms with Crippen LogP contribution in [0.15, 0.2) is 42.5 Å². The molecule has 3 N–H and O–H groups in total. The molecule has 0 saturated heterocycles. The largest absolute Gasteiger partial charge is 0.416 e. The Balaban J connectivity index is 2.16. The average Bonchev–Trinajstić information content (AvgIpc) is 3.00. The molecule has 2 nitrogen and oxygen atoms in total. The Bertz CT molecular complexity index is 894. The van der Waals surface area contributed by atoms with E-state index < -0.39 is 11.7 Å². The number of H-pyrrole nitrogens is 1. The summed E-state index contributed by atoms with van der Waals surface area (Å²) >= 11 is 0. The number of benzene rings is 2. The average molecular weight is 360 g/mol. The van der Waals surface area contributed by atoms with Crippen molar-refractivity contribution >= 4 is 10.9 Å². The third-order valence-corrected chi connectivity index (χ3v) is 4.77. The molecule has 138 valence electrons. The lowest BCUT2D eigenvalue weighted by molar-refractivity contribution is -0.137. The van der Waals surface area contributed by atoms with Crippen LogP contribution in [0, 0.1) is 0 Å². The molecular formula is C21H23F3N2. The Morgan fingerprint density at radius 2 is 1.81 bits per heavy atom. The summed E-state index contributed by atoms with van der Waals surface area (Å²) in [4.78, 5) is 3.41. The number of fused-ring (bicyclic) bond motifs is 1. The minimum Gasteiger partial charge on any atom is -0.354 e. The van der Waals surface area contributed by atoms with Crippen LogP contribution in [0.5, 0.6) is 0 Å². The number of aromatic amines is 1. The number of para-hydroxylation sites is 1. The highest BCUT2D eigenvalue weighted by Crippen LogP contribution is 2.36. The third-order valence-electron chi connectivity index (χ3n) is 4.77. The van der Waals surface area contributed by atoms with Gasteiger partial charge in [-0.25, -0.2) is 0 Å². The third kappa shape index (κ3) is 3.63. The van der Waals surface area contributed by atoms with Crippen LogP contribution in [0.2, 0.25) is 0 Å². The molecule has 1 heterocycles. The van der Waals surface area contributed by atoms with Gasteiger partial charge in [0.25, 0.3) is 0 Å². The van der Waals surface area contributed by atoms with E-state index in [2.05, 4.69) is 18.0 Å². The SMILES string of the molecule is CCc1cccc2c(CCCCN)c(-c3cccc(C(F)(F)F)c3)[nH]c12. The Labute approximate surface area is 151 Å². The van der Waals surface area contributed by atoms with Crippen LogP contribution in [0.1, 0.15) is 36.5 Å².